The van der Waals surface area contributed by atoms with Crippen molar-refractivity contribution < 1.29 is 18.0 Å². The van der Waals surface area contributed by atoms with Gasteiger partial charge in [0.25, 0.3) is 0 Å². The number of aromatic nitrogens is 1. The number of pyridine rings is 1. The smallest absolute Gasteiger partial charge is 0.355 e. The molecule has 148 valence electrons. The summed E-state index contributed by atoms with van der Waals surface area (Å²) in [7, 11) is 0. The van der Waals surface area contributed by atoms with E-state index < -0.39 is 11.7 Å². The second kappa shape index (κ2) is 8.58. The molecule has 0 spiro atoms. The zero-order valence-corrected chi connectivity index (χ0v) is 15.7. The van der Waals surface area contributed by atoms with Crippen molar-refractivity contribution in [3.63, 3.8) is 0 Å². The van der Waals surface area contributed by atoms with E-state index in [1.165, 1.54) is 17.4 Å². The van der Waals surface area contributed by atoms with E-state index in [1.807, 2.05) is 15.9 Å². The number of anilines is 2. The van der Waals surface area contributed by atoms with E-state index in [9.17, 15) is 18.0 Å². The van der Waals surface area contributed by atoms with Crippen LogP contribution in [0.25, 0.3) is 0 Å². The highest BCUT2D eigenvalue weighted by Gasteiger charge is 2.31. The van der Waals surface area contributed by atoms with Gasteiger partial charge in [-0.25, -0.2) is 4.98 Å². The Balaban J connectivity index is 1.55. The number of carbonyl (C=O) groups excluding carboxylic acids is 1. The average Bonchev–Trinajstić information content (AvgIpc) is 2.97. The molecule has 0 aliphatic carbocycles. The van der Waals surface area contributed by atoms with Crippen molar-refractivity contribution in [2.75, 3.05) is 42.9 Å². The first-order valence-corrected chi connectivity index (χ1v) is 9.53. The van der Waals surface area contributed by atoms with E-state index >= 15 is 0 Å². The highest BCUT2D eigenvalue weighted by molar-refractivity contribution is 7.14. The Morgan fingerprint density at radius 3 is 2.75 bits per heavy atom. The summed E-state index contributed by atoms with van der Waals surface area (Å²) in [6.45, 7) is 2.69. The van der Waals surface area contributed by atoms with Crippen LogP contribution < -0.4 is 10.2 Å². The molecule has 1 saturated heterocycles. The monoisotopic (exact) mass is 409 g/mol. The Hall–Kier alpha value is -2.64. The molecule has 0 unspecified atom stereocenters. The minimum Gasteiger partial charge on any atom is -0.355 e. The number of halogens is 3. The van der Waals surface area contributed by atoms with Crippen molar-refractivity contribution in [3.8, 4) is 6.07 Å². The Kier molecular flexibility index (Phi) is 6.16. The lowest BCUT2D eigenvalue weighted by molar-refractivity contribution is -0.137. The van der Waals surface area contributed by atoms with Crippen molar-refractivity contribution in [1.82, 2.24) is 9.88 Å². The Morgan fingerprint density at radius 1 is 1.25 bits per heavy atom. The molecule has 1 aliphatic rings. The molecule has 2 aromatic heterocycles. The number of hydrogen-bond acceptors (Lipinski definition) is 6. The zero-order valence-electron chi connectivity index (χ0n) is 14.9. The summed E-state index contributed by atoms with van der Waals surface area (Å²) >= 11 is 1.30. The van der Waals surface area contributed by atoms with Crippen LogP contribution in [0.4, 0.5) is 24.0 Å². The molecule has 2 aromatic rings. The van der Waals surface area contributed by atoms with Gasteiger partial charge in [-0.15, -0.1) is 11.3 Å². The first-order valence-electron chi connectivity index (χ1n) is 8.65. The maximum absolute atomic E-state index is 12.7. The summed E-state index contributed by atoms with van der Waals surface area (Å²) in [5, 5.41) is 14.0. The van der Waals surface area contributed by atoms with Crippen molar-refractivity contribution >= 4 is 28.1 Å². The molecule has 0 aromatic carbocycles. The van der Waals surface area contributed by atoms with Gasteiger partial charge in [-0.2, -0.15) is 18.4 Å². The SMILES string of the molecule is N#Cc1ccsc1NC(=O)CN1CCCN(c2ccc(C(F)(F)F)cn2)CC1. The van der Waals surface area contributed by atoms with Gasteiger partial charge in [0.1, 0.15) is 16.9 Å². The quantitative estimate of drug-likeness (QED) is 0.840. The highest BCUT2D eigenvalue weighted by atomic mass is 32.1. The molecule has 1 amide bonds. The largest absolute Gasteiger partial charge is 0.417 e. The summed E-state index contributed by atoms with van der Waals surface area (Å²) in [5.41, 5.74) is -0.330. The van der Waals surface area contributed by atoms with Crippen molar-refractivity contribution in [2.24, 2.45) is 0 Å². The summed E-state index contributed by atoms with van der Waals surface area (Å²) in [4.78, 5) is 20.1. The van der Waals surface area contributed by atoms with Gasteiger partial charge in [0, 0.05) is 32.4 Å². The second-order valence-corrected chi connectivity index (χ2v) is 7.26. The molecule has 3 heterocycles. The van der Waals surface area contributed by atoms with Crippen LogP contribution in [-0.4, -0.2) is 48.5 Å². The number of carbonyl (C=O) groups is 1. The molecular formula is C18H18F3N5OS. The number of nitrogens with zero attached hydrogens (tertiary/aromatic N) is 4. The fourth-order valence-electron chi connectivity index (χ4n) is 2.96. The number of rotatable bonds is 4. The van der Waals surface area contributed by atoms with Crippen LogP contribution in [0.3, 0.4) is 0 Å². The maximum atomic E-state index is 12.7. The molecule has 3 rings (SSSR count). The summed E-state index contributed by atoms with van der Waals surface area (Å²) < 4.78 is 38.0. The Labute approximate surface area is 164 Å². The highest BCUT2D eigenvalue weighted by Crippen LogP contribution is 2.29. The normalized spacial score (nSPS) is 15.7. The lowest BCUT2D eigenvalue weighted by Crippen LogP contribution is -2.36. The Morgan fingerprint density at radius 2 is 2.07 bits per heavy atom. The number of alkyl halides is 3. The summed E-state index contributed by atoms with van der Waals surface area (Å²) in [6, 6.07) is 6.10. The van der Waals surface area contributed by atoms with E-state index in [0.29, 0.717) is 42.6 Å². The van der Waals surface area contributed by atoms with Gasteiger partial charge in [0.05, 0.1) is 17.7 Å². The van der Waals surface area contributed by atoms with Gasteiger partial charge in [0.2, 0.25) is 5.91 Å². The molecule has 0 atom stereocenters. The lowest BCUT2D eigenvalue weighted by atomic mass is 10.2. The second-order valence-electron chi connectivity index (χ2n) is 6.34. The van der Waals surface area contributed by atoms with E-state index in [0.717, 1.165) is 18.7 Å². The van der Waals surface area contributed by atoms with Gasteiger partial charge in [-0.05, 0) is 30.0 Å². The number of hydrogen-bond donors (Lipinski definition) is 1. The number of amides is 1. The predicted molar refractivity (Wildman–Crippen MR) is 100 cm³/mol. The lowest BCUT2D eigenvalue weighted by Gasteiger charge is -2.22. The van der Waals surface area contributed by atoms with Crippen molar-refractivity contribution in [3.05, 3.63) is 40.9 Å². The molecule has 10 heteroatoms. The fraction of sp³-hybridized carbons (Fsp3) is 0.389. The molecule has 0 radical (unpaired) electrons. The third-order valence-electron chi connectivity index (χ3n) is 4.39. The minimum atomic E-state index is -4.40. The number of nitriles is 1. The maximum Gasteiger partial charge on any atom is 0.417 e. The van der Waals surface area contributed by atoms with Gasteiger partial charge in [-0.3, -0.25) is 9.69 Å². The van der Waals surface area contributed by atoms with Gasteiger partial charge < -0.3 is 10.2 Å². The van der Waals surface area contributed by atoms with Crippen molar-refractivity contribution in [2.45, 2.75) is 12.6 Å². The van der Waals surface area contributed by atoms with E-state index in [1.54, 1.807) is 11.4 Å². The minimum absolute atomic E-state index is 0.192. The topological polar surface area (TPSA) is 72.3 Å². The van der Waals surface area contributed by atoms with Gasteiger partial charge in [0.15, 0.2) is 0 Å². The summed E-state index contributed by atoms with van der Waals surface area (Å²) in [6.07, 6.45) is -2.79. The van der Waals surface area contributed by atoms with Crippen LogP contribution in [0.1, 0.15) is 17.5 Å². The van der Waals surface area contributed by atoms with E-state index in [-0.39, 0.29) is 12.5 Å². The first kappa shape index (κ1) is 20.1. The fourth-order valence-corrected chi connectivity index (χ4v) is 3.72. The standard InChI is InChI=1S/C18H18F3N5OS/c19-18(20,21)14-2-3-15(23-11-14)26-6-1-5-25(7-8-26)12-16(27)24-17-13(10-22)4-9-28-17/h2-4,9,11H,1,5-8,12H2,(H,24,27). The van der Waals surface area contributed by atoms with E-state index in [4.69, 9.17) is 5.26 Å². The molecular weight excluding hydrogens is 391 g/mol. The first-order chi connectivity index (χ1) is 13.4. The third-order valence-corrected chi connectivity index (χ3v) is 5.22. The van der Waals surface area contributed by atoms with Crippen LogP contribution >= 0.6 is 11.3 Å². The molecule has 0 saturated carbocycles. The van der Waals surface area contributed by atoms with Gasteiger partial charge >= 0.3 is 6.18 Å². The third kappa shape index (κ3) is 4.99. The Bertz CT molecular complexity index is 859. The van der Waals surface area contributed by atoms with Crippen LogP contribution in [-0.2, 0) is 11.0 Å². The zero-order chi connectivity index (χ0) is 20.1. The molecule has 1 N–H and O–H groups in total. The number of nitrogens with one attached hydrogen (secondary N) is 1. The molecule has 1 fully saturated rings. The van der Waals surface area contributed by atoms with E-state index in [2.05, 4.69) is 10.3 Å². The molecule has 1 aliphatic heterocycles. The summed E-state index contributed by atoms with van der Waals surface area (Å²) in [5.74, 6) is 0.302. The molecule has 6 nitrogen and oxygen atoms in total. The predicted octanol–water partition coefficient (Wildman–Crippen LogP) is 3.18. The van der Waals surface area contributed by atoms with Crippen molar-refractivity contribution in [1.29, 1.82) is 5.26 Å². The van der Waals surface area contributed by atoms with Crippen LogP contribution in [0, 0.1) is 11.3 Å². The average molecular weight is 409 g/mol. The number of thiophene rings is 1. The van der Waals surface area contributed by atoms with Crippen LogP contribution in [0.15, 0.2) is 29.8 Å². The van der Waals surface area contributed by atoms with Crippen LogP contribution in [0.2, 0.25) is 0 Å². The van der Waals surface area contributed by atoms with Crippen LogP contribution in [0.5, 0.6) is 0 Å². The van der Waals surface area contributed by atoms with Gasteiger partial charge in [-0.1, -0.05) is 0 Å². The molecule has 28 heavy (non-hydrogen) atoms. The molecule has 0 bridgehead atoms.